The van der Waals surface area contributed by atoms with Gasteiger partial charge in [-0.2, -0.15) is 0 Å². The molecule has 6 heteroatoms. The van der Waals surface area contributed by atoms with Crippen molar-refractivity contribution in [3.63, 3.8) is 0 Å². The van der Waals surface area contributed by atoms with Crippen LogP contribution in [-0.2, 0) is 0 Å². The lowest BCUT2D eigenvalue weighted by atomic mass is 9.79. The normalized spacial score (nSPS) is 30.3. The van der Waals surface area contributed by atoms with Gasteiger partial charge in [0.15, 0.2) is 11.5 Å². The lowest BCUT2D eigenvalue weighted by Gasteiger charge is -2.31. The van der Waals surface area contributed by atoms with E-state index in [4.69, 9.17) is 9.47 Å². The van der Waals surface area contributed by atoms with Crippen LogP contribution >= 0.6 is 11.3 Å². The van der Waals surface area contributed by atoms with Gasteiger partial charge in [0.05, 0.1) is 14.2 Å². The summed E-state index contributed by atoms with van der Waals surface area (Å²) < 4.78 is 10.7. The van der Waals surface area contributed by atoms with Gasteiger partial charge in [0.2, 0.25) is 0 Å². The molecule has 28 heavy (non-hydrogen) atoms. The minimum Gasteiger partial charge on any atom is -0.493 e. The molecule has 1 N–H and O–H groups in total. The van der Waals surface area contributed by atoms with Crippen LogP contribution in [0.15, 0.2) is 23.6 Å². The quantitative estimate of drug-likeness (QED) is 0.812. The zero-order valence-corrected chi connectivity index (χ0v) is 17.1. The number of hydrogen-bond donors (Lipinski definition) is 1. The number of thiazole rings is 1. The number of ether oxygens (including phenoxy) is 2. The second-order valence-electron chi connectivity index (χ2n) is 8.34. The maximum absolute atomic E-state index is 12.8. The summed E-state index contributed by atoms with van der Waals surface area (Å²) in [6, 6.07) is 6.04. The van der Waals surface area contributed by atoms with Crippen molar-refractivity contribution in [3.8, 4) is 22.1 Å². The van der Waals surface area contributed by atoms with Crippen LogP contribution < -0.4 is 14.8 Å². The average molecular weight is 399 g/mol. The van der Waals surface area contributed by atoms with Crippen molar-refractivity contribution in [3.05, 3.63) is 29.3 Å². The zero-order chi connectivity index (χ0) is 19.3. The first-order chi connectivity index (χ1) is 13.7. The Morgan fingerprint density at radius 3 is 2.75 bits per heavy atom. The molecule has 0 unspecified atom stereocenters. The average Bonchev–Trinajstić information content (AvgIpc) is 3.48. The minimum atomic E-state index is -0.0323. The van der Waals surface area contributed by atoms with Gasteiger partial charge in [-0.1, -0.05) is 6.42 Å². The topological polar surface area (TPSA) is 60.5 Å². The molecule has 3 aliphatic carbocycles. The summed E-state index contributed by atoms with van der Waals surface area (Å²) >= 11 is 1.48. The van der Waals surface area contributed by atoms with Crippen molar-refractivity contribution in [1.82, 2.24) is 10.3 Å². The van der Waals surface area contributed by atoms with Crippen LogP contribution in [0.4, 0.5) is 0 Å². The molecule has 0 saturated heterocycles. The maximum Gasteiger partial charge on any atom is 0.271 e. The fourth-order valence-electron chi connectivity index (χ4n) is 5.96. The van der Waals surface area contributed by atoms with E-state index in [0.29, 0.717) is 29.2 Å². The Balaban J connectivity index is 1.29. The third-order valence-corrected chi connectivity index (χ3v) is 8.00. The largest absolute Gasteiger partial charge is 0.493 e. The number of rotatable bonds is 5. The number of fused-ring (bicyclic) bond motifs is 5. The molecule has 5 rings (SSSR count). The summed E-state index contributed by atoms with van der Waals surface area (Å²) in [5, 5.41) is 5.97. The zero-order valence-electron chi connectivity index (χ0n) is 16.3. The number of hydrogen-bond acceptors (Lipinski definition) is 5. The van der Waals surface area contributed by atoms with Crippen LogP contribution in [0.2, 0.25) is 0 Å². The van der Waals surface area contributed by atoms with E-state index in [1.165, 1.54) is 37.0 Å². The van der Waals surface area contributed by atoms with E-state index in [-0.39, 0.29) is 5.91 Å². The molecule has 148 valence electrons. The summed E-state index contributed by atoms with van der Waals surface area (Å²) in [6.45, 7) is 0. The van der Waals surface area contributed by atoms with Gasteiger partial charge in [-0.25, -0.2) is 4.98 Å². The van der Waals surface area contributed by atoms with Gasteiger partial charge in [-0.3, -0.25) is 4.79 Å². The highest BCUT2D eigenvalue weighted by atomic mass is 32.1. The number of nitrogens with one attached hydrogen (secondary N) is 1. The summed E-state index contributed by atoms with van der Waals surface area (Å²) in [6.07, 6.45) is 6.62. The van der Waals surface area contributed by atoms with E-state index in [0.717, 1.165) is 34.7 Å². The second-order valence-corrected chi connectivity index (χ2v) is 9.20. The first-order valence-electron chi connectivity index (χ1n) is 10.2. The smallest absolute Gasteiger partial charge is 0.271 e. The molecule has 1 amide bonds. The predicted molar refractivity (Wildman–Crippen MR) is 109 cm³/mol. The van der Waals surface area contributed by atoms with E-state index in [2.05, 4.69) is 10.3 Å². The molecule has 1 aromatic heterocycles. The number of benzene rings is 1. The van der Waals surface area contributed by atoms with Crippen LogP contribution in [0, 0.1) is 23.7 Å². The molecule has 3 aliphatic rings. The molecule has 1 heterocycles. The first kappa shape index (κ1) is 18.0. The maximum atomic E-state index is 12.8. The molecule has 0 radical (unpaired) electrons. The van der Waals surface area contributed by atoms with E-state index in [1.54, 1.807) is 14.2 Å². The summed E-state index contributed by atoms with van der Waals surface area (Å²) in [5.41, 5.74) is 1.44. The van der Waals surface area contributed by atoms with Crippen LogP contribution in [-0.4, -0.2) is 31.2 Å². The third-order valence-electron chi connectivity index (χ3n) is 7.11. The molecular formula is C22H26N2O3S. The van der Waals surface area contributed by atoms with Crippen molar-refractivity contribution in [2.45, 2.75) is 38.1 Å². The Labute approximate surface area is 169 Å². The highest BCUT2D eigenvalue weighted by Crippen LogP contribution is 2.58. The molecular weight excluding hydrogens is 372 g/mol. The molecule has 0 spiro atoms. The fourth-order valence-corrected chi connectivity index (χ4v) is 6.75. The Morgan fingerprint density at radius 1 is 1.11 bits per heavy atom. The molecule has 2 bridgehead atoms. The molecule has 2 aromatic rings. The molecule has 3 saturated carbocycles. The van der Waals surface area contributed by atoms with Crippen LogP contribution in [0.1, 0.15) is 42.6 Å². The molecule has 0 aliphatic heterocycles. The lowest BCUT2D eigenvalue weighted by Crippen LogP contribution is -2.42. The molecule has 5 nitrogen and oxygen atoms in total. The number of aromatic nitrogens is 1. The van der Waals surface area contributed by atoms with Crippen molar-refractivity contribution < 1.29 is 14.3 Å². The van der Waals surface area contributed by atoms with E-state index < -0.39 is 0 Å². The van der Waals surface area contributed by atoms with Crippen molar-refractivity contribution >= 4 is 17.2 Å². The summed E-state index contributed by atoms with van der Waals surface area (Å²) in [4.78, 5) is 17.4. The van der Waals surface area contributed by atoms with Crippen molar-refractivity contribution in [2.24, 2.45) is 23.7 Å². The lowest BCUT2D eigenvalue weighted by molar-refractivity contribution is 0.0897. The van der Waals surface area contributed by atoms with E-state index >= 15 is 0 Å². The number of carbonyl (C=O) groups is 1. The van der Waals surface area contributed by atoms with Crippen LogP contribution in [0.3, 0.4) is 0 Å². The number of methoxy groups -OCH3 is 2. The van der Waals surface area contributed by atoms with Gasteiger partial charge in [0, 0.05) is 17.0 Å². The van der Waals surface area contributed by atoms with Gasteiger partial charge < -0.3 is 14.8 Å². The highest BCUT2D eigenvalue weighted by Gasteiger charge is 2.54. The molecule has 5 atom stereocenters. The first-order valence-corrected chi connectivity index (χ1v) is 11.0. The Bertz CT molecular complexity index is 896. The number of nitrogens with zero attached hydrogens (tertiary/aromatic N) is 1. The Hall–Kier alpha value is -2.08. The standard InChI is InChI=1S/C22H26N2O3S/c1-26-19-7-6-12(10-20(19)27-2)22-24-18(11-28-22)21(25)23-17-9-13-8-16(17)15-5-3-4-14(13)15/h6-7,10-11,13-17H,3-5,8-9H2,1-2H3,(H,23,25)/t13-,14+,15+,16+,17-/m1/s1. The highest BCUT2D eigenvalue weighted by molar-refractivity contribution is 7.13. The van der Waals surface area contributed by atoms with E-state index in [9.17, 15) is 4.79 Å². The molecule has 1 aromatic carbocycles. The predicted octanol–water partition coefficient (Wildman–Crippen LogP) is 4.38. The van der Waals surface area contributed by atoms with Crippen LogP contribution in [0.25, 0.3) is 10.6 Å². The SMILES string of the molecule is COc1ccc(-c2nc(C(=O)N[C@@H]3C[C@H]4C[C@H]3[C@H]3CCC[C@@H]43)cs2)cc1OC. The van der Waals surface area contributed by atoms with Crippen LogP contribution in [0.5, 0.6) is 11.5 Å². The Kier molecular flexibility index (Phi) is 4.54. The third kappa shape index (κ3) is 2.89. The Morgan fingerprint density at radius 2 is 1.93 bits per heavy atom. The minimum absolute atomic E-state index is 0.0323. The summed E-state index contributed by atoms with van der Waals surface area (Å²) in [7, 11) is 3.24. The van der Waals surface area contributed by atoms with Gasteiger partial charge in [0.1, 0.15) is 10.7 Å². The molecule has 3 fully saturated rings. The van der Waals surface area contributed by atoms with Gasteiger partial charge >= 0.3 is 0 Å². The second kappa shape index (κ2) is 7.07. The number of carbonyl (C=O) groups excluding carboxylic acids is 1. The summed E-state index contributed by atoms with van der Waals surface area (Å²) in [5.74, 6) is 4.62. The van der Waals surface area contributed by atoms with Gasteiger partial charge in [0.25, 0.3) is 5.91 Å². The van der Waals surface area contributed by atoms with Crippen molar-refractivity contribution in [2.75, 3.05) is 14.2 Å². The fraction of sp³-hybridized carbons (Fsp3) is 0.545. The van der Waals surface area contributed by atoms with Gasteiger partial charge in [-0.15, -0.1) is 11.3 Å². The number of amides is 1. The monoisotopic (exact) mass is 398 g/mol. The van der Waals surface area contributed by atoms with Gasteiger partial charge in [-0.05, 0) is 67.6 Å². The van der Waals surface area contributed by atoms with Crippen molar-refractivity contribution in [1.29, 1.82) is 0 Å². The van der Waals surface area contributed by atoms with E-state index in [1.807, 2.05) is 23.6 Å².